The van der Waals surface area contributed by atoms with Crippen LogP contribution in [0.5, 0.6) is 0 Å². The Morgan fingerprint density at radius 3 is 2.42 bits per heavy atom. The van der Waals surface area contributed by atoms with Crippen LogP contribution >= 0.6 is 11.6 Å². The normalized spacial score (nSPS) is 11.3. The van der Waals surface area contributed by atoms with Crippen molar-refractivity contribution in [2.45, 2.75) is 11.9 Å². The highest BCUT2D eigenvalue weighted by atomic mass is 35.5. The van der Waals surface area contributed by atoms with Crippen LogP contribution in [0.2, 0.25) is 5.15 Å². The number of benzene rings is 1. The number of rotatable bonds is 5. The van der Waals surface area contributed by atoms with E-state index in [2.05, 4.69) is 20.2 Å². The van der Waals surface area contributed by atoms with Gasteiger partial charge in [-0.1, -0.05) is 16.8 Å². The van der Waals surface area contributed by atoms with Crippen LogP contribution < -0.4 is 10.0 Å². The summed E-state index contributed by atoms with van der Waals surface area (Å²) in [5.41, 5.74) is 1.10. The topological polar surface area (TPSA) is 119 Å². The van der Waals surface area contributed by atoms with Gasteiger partial charge in [0.1, 0.15) is 16.5 Å². The molecule has 0 aliphatic rings. The maximum atomic E-state index is 12.3. The van der Waals surface area contributed by atoms with Crippen molar-refractivity contribution in [3.05, 3.63) is 53.3 Å². The van der Waals surface area contributed by atoms with Crippen LogP contribution in [0.1, 0.15) is 16.1 Å². The Morgan fingerprint density at radius 2 is 1.88 bits per heavy atom. The van der Waals surface area contributed by atoms with E-state index < -0.39 is 10.0 Å². The highest BCUT2D eigenvalue weighted by molar-refractivity contribution is 7.92. The molecule has 1 aromatic carbocycles. The van der Waals surface area contributed by atoms with Crippen molar-refractivity contribution in [3.8, 4) is 0 Å². The number of aromatic nitrogens is 3. The first-order valence-corrected chi connectivity index (χ1v) is 9.16. The number of hydrogen-bond donors (Lipinski definition) is 2. The van der Waals surface area contributed by atoms with Crippen molar-refractivity contribution in [2.75, 3.05) is 10.0 Å². The molecule has 1 amide bonds. The second kappa shape index (κ2) is 6.81. The number of carbonyl (C=O) groups is 1. The lowest BCUT2D eigenvalue weighted by molar-refractivity contribution is 0.102. The van der Waals surface area contributed by atoms with E-state index in [1.54, 1.807) is 26.1 Å². The van der Waals surface area contributed by atoms with Crippen LogP contribution in [0.25, 0.3) is 0 Å². The Morgan fingerprint density at radius 1 is 1.23 bits per heavy atom. The van der Waals surface area contributed by atoms with Gasteiger partial charge in [-0.15, -0.1) is 0 Å². The Hall–Kier alpha value is -2.85. The smallest absolute Gasteiger partial charge is 0.282 e. The van der Waals surface area contributed by atoms with Gasteiger partial charge in [0.25, 0.3) is 15.9 Å². The SMILES string of the molecule is Cc1oncc1C(=O)Nc1ccc(NS(=O)(=O)c2ncn(C)c2Cl)cc1. The van der Waals surface area contributed by atoms with Gasteiger partial charge in [-0.05, 0) is 31.2 Å². The van der Waals surface area contributed by atoms with Gasteiger partial charge in [-0.3, -0.25) is 9.52 Å². The van der Waals surface area contributed by atoms with E-state index in [4.69, 9.17) is 16.1 Å². The zero-order valence-corrected chi connectivity index (χ0v) is 15.3. The summed E-state index contributed by atoms with van der Waals surface area (Å²) < 4.78 is 33.3. The number of carbonyl (C=O) groups excluding carboxylic acids is 1. The molecule has 0 atom stereocenters. The first kappa shape index (κ1) is 18.0. The Balaban J connectivity index is 1.73. The predicted octanol–water partition coefficient (Wildman–Crippen LogP) is 2.42. The van der Waals surface area contributed by atoms with Crippen LogP contribution in [0.15, 0.2) is 46.3 Å². The van der Waals surface area contributed by atoms with E-state index in [-0.39, 0.29) is 16.1 Å². The monoisotopic (exact) mass is 395 g/mol. The summed E-state index contributed by atoms with van der Waals surface area (Å²) in [6.07, 6.45) is 2.63. The Bertz CT molecular complexity index is 1060. The number of nitrogens with one attached hydrogen (secondary N) is 2. The van der Waals surface area contributed by atoms with E-state index in [9.17, 15) is 13.2 Å². The largest absolute Gasteiger partial charge is 0.361 e. The van der Waals surface area contributed by atoms with Crippen LogP contribution in [0.4, 0.5) is 11.4 Å². The van der Waals surface area contributed by atoms with Gasteiger partial charge in [0.2, 0.25) is 5.03 Å². The summed E-state index contributed by atoms with van der Waals surface area (Å²) in [6.45, 7) is 1.63. The molecule has 0 aliphatic heterocycles. The molecule has 0 unspecified atom stereocenters. The molecular formula is C15H14ClN5O4S. The number of nitrogens with zero attached hydrogens (tertiary/aromatic N) is 3. The zero-order valence-electron chi connectivity index (χ0n) is 13.7. The highest BCUT2D eigenvalue weighted by Gasteiger charge is 2.22. The van der Waals surface area contributed by atoms with Crippen molar-refractivity contribution in [1.29, 1.82) is 0 Å². The number of anilines is 2. The quantitative estimate of drug-likeness (QED) is 0.684. The summed E-state index contributed by atoms with van der Waals surface area (Å²) in [6, 6.07) is 6.12. The van der Waals surface area contributed by atoms with Gasteiger partial charge in [-0.25, -0.2) is 4.98 Å². The number of sulfonamides is 1. The molecule has 26 heavy (non-hydrogen) atoms. The average molecular weight is 396 g/mol. The van der Waals surface area contributed by atoms with Gasteiger partial charge in [0.05, 0.1) is 12.5 Å². The molecule has 3 aromatic rings. The average Bonchev–Trinajstić information content (AvgIpc) is 3.16. The fourth-order valence-corrected chi connectivity index (χ4v) is 3.61. The van der Waals surface area contributed by atoms with Crippen molar-refractivity contribution in [2.24, 2.45) is 7.05 Å². The molecular weight excluding hydrogens is 382 g/mol. The second-order valence-corrected chi connectivity index (χ2v) is 7.34. The molecule has 2 aromatic heterocycles. The third kappa shape index (κ3) is 3.55. The number of aryl methyl sites for hydroxylation is 2. The van der Waals surface area contributed by atoms with Crippen LogP contribution in [-0.4, -0.2) is 29.0 Å². The summed E-state index contributed by atoms with van der Waals surface area (Å²) in [5, 5.41) is 5.95. The van der Waals surface area contributed by atoms with E-state index >= 15 is 0 Å². The third-order valence-electron chi connectivity index (χ3n) is 3.48. The molecule has 2 N–H and O–H groups in total. The molecule has 0 aliphatic carbocycles. The minimum absolute atomic E-state index is 0.00507. The molecule has 2 heterocycles. The van der Waals surface area contributed by atoms with E-state index in [1.165, 1.54) is 29.2 Å². The summed E-state index contributed by atoms with van der Waals surface area (Å²) in [5.74, 6) is 0.0245. The summed E-state index contributed by atoms with van der Waals surface area (Å²) in [4.78, 5) is 15.9. The first-order chi connectivity index (χ1) is 12.3. The van der Waals surface area contributed by atoms with Gasteiger partial charge >= 0.3 is 0 Å². The maximum absolute atomic E-state index is 12.3. The van der Waals surface area contributed by atoms with Crippen LogP contribution in [-0.2, 0) is 17.1 Å². The predicted molar refractivity (Wildman–Crippen MR) is 94.7 cm³/mol. The molecule has 3 rings (SSSR count). The second-order valence-electron chi connectivity index (χ2n) is 5.38. The third-order valence-corrected chi connectivity index (χ3v) is 5.35. The molecule has 0 saturated carbocycles. The van der Waals surface area contributed by atoms with Crippen LogP contribution in [0.3, 0.4) is 0 Å². The lowest BCUT2D eigenvalue weighted by atomic mass is 10.2. The molecule has 9 nitrogen and oxygen atoms in total. The highest BCUT2D eigenvalue weighted by Crippen LogP contribution is 2.23. The van der Waals surface area contributed by atoms with E-state index in [0.29, 0.717) is 22.7 Å². The molecule has 0 saturated heterocycles. The molecule has 0 bridgehead atoms. The van der Waals surface area contributed by atoms with Gasteiger partial charge in [-0.2, -0.15) is 8.42 Å². The lowest BCUT2D eigenvalue weighted by Gasteiger charge is -2.08. The van der Waals surface area contributed by atoms with Gasteiger partial charge < -0.3 is 14.4 Å². The zero-order chi connectivity index (χ0) is 18.9. The number of halogens is 1. The molecule has 136 valence electrons. The van der Waals surface area contributed by atoms with Crippen LogP contribution in [0, 0.1) is 6.92 Å². The minimum atomic E-state index is -3.92. The van der Waals surface area contributed by atoms with Crippen molar-refractivity contribution < 1.29 is 17.7 Å². The minimum Gasteiger partial charge on any atom is -0.361 e. The van der Waals surface area contributed by atoms with Crippen molar-refractivity contribution in [3.63, 3.8) is 0 Å². The first-order valence-electron chi connectivity index (χ1n) is 7.30. The maximum Gasteiger partial charge on any atom is 0.282 e. The van der Waals surface area contributed by atoms with Gasteiger partial charge in [0.15, 0.2) is 0 Å². The van der Waals surface area contributed by atoms with Gasteiger partial charge in [0, 0.05) is 18.4 Å². The molecule has 0 radical (unpaired) electrons. The van der Waals surface area contributed by atoms with E-state index in [0.717, 1.165) is 0 Å². The number of amides is 1. The Labute approximate surface area is 154 Å². The fraction of sp³-hybridized carbons (Fsp3) is 0.133. The lowest BCUT2D eigenvalue weighted by Crippen LogP contribution is -2.14. The summed E-state index contributed by atoms with van der Waals surface area (Å²) in [7, 11) is -2.34. The molecule has 11 heteroatoms. The van der Waals surface area contributed by atoms with Crippen molar-refractivity contribution in [1.82, 2.24) is 14.7 Å². The number of hydrogen-bond acceptors (Lipinski definition) is 6. The number of imidazole rings is 1. The standard InChI is InChI=1S/C15H14ClN5O4S/c1-9-12(7-18-25-9)14(22)19-10-3-5-11(6-4-10)20-26(23,24)15-13(16)21(2)8-17-15/h3-8,20H,1-2H3,(H,19,22). The Kier molecular flexibility index (Phi) is 4.70. The fourth-order valence-electron chi connectivity index (χ4n) is 2.11. The van der Waals surface area contributed by atoms with Crippen molar-refractivity contribution >= 4 is 38.9 Å². The summed E-state index contributed by atoms with van der Waals surface area (Å²) >= 11 is 5.92. The molecule has 0 spiro atoms. The molecule has 0 fully saturated rings. The van der Waals surface area contributed by atoms with E-state index in [1.807, 2.05) is 0 Å².